The second-order valence-corrected chi connectivity index (χ2v) is 9.58. The Hall–Kier alpha value is -3.63. The zero-order valence-electron chi connectivity index (χ0n) is 19.5. The second-order valence-electron chi connectivity index (χ2n) is 7.64. The summed E-state index contributed by atoms with van der Waals surface area (Å²) in [5.74, 6) is -1.45. The summed E-state index contributed by atoms with van der Waals surface area (Å²) in [5.41, 5.74) is 1.32. The number of benzene rings is 2. The van der Waals surface area contributed by atoms with Gasteiger partial charge in [0.05, 0.1) is 16.3 Å². The molecule has 2 N–H and O–H groups in total. The number of halogens is 1. The highest BCUT2D eigenvalue weighted by Gasteiger charge is 2.21. The van der Waals surface area contributed by atoms with Crippen LogP contribution in [0.25, 0.3) is 0 Å². The number of amides is 2. The van der Waals surface area contributed by atoms with Crippen molar-refractivity contribution in [2.24, 2.45) is 0 Å². The van der Waals surface area contributed by atoms with Crippen LogP contribution in [0.15, 0.2) is 71.8 Å². The molecule has 3 rings (SSSR count). The molecule has 0 fully saturated rings. The first kappa shape index (κ1) is 26.0. The maximum atomic E-state index is 13.8. The Labute approximate surface area is 204 Å². The molecule has 184 valence electrons. The molecule has 0 radical (unpaired) electrons. The predicted octanol–water partition coefficient (Wildman–Crippen LogP) is 4.07. The molecule has 0 aliphatic carbocycles. The molecule has 3 aromatic rings. The van der Waals surface area contributed by atoms with Crippen molar-refractivity contribution in [3.05, 3.63) is 83.9 Å². The van der Waals surface area contributed by atoms with Crippen LogP contribution >= 0.6 is 0 Å². The van der Waals surface area contributed by atoms with E-state index in [2.05, 4.69) is 15.6 Å². The Morgan fingerprint density at radius 2 is 1.66 bits per heavy atom. The van der Waals surface area contributed by atoms with Crippen LogP contribution in [0.1, 0.15) is 36.3 Å². The summed E-state index contributed by atoms with van der Waals surface area (Å²) in [4.78, 5) is 29.1. The largest absolute Gasteiger partial charge is 0.324 e. The zero-order valence-corrected chi connectivity index (χ0v) is 20.3. The average molecular weight is 499 g/mol. The van der Waals surface area contributed by atoms with E-state index < -0.39 is 21.7 Å². The molecule has 35 heavy (non-hydrogen) atoms. The molecule has 0 aliphatic heterocycles. The smallest absolute Gasteiger partial charge is 0.274 e. The average Bonchev–Trinajstić information content (AvgIpc) is 2.85. The molecule has 0 saturated heterocycles. The van der Waals surface area contributed by atoms with Gasteiger partial charge in [0, 0.05) is 25.7 Å². The van der Waals surface area contributed by atoms with E-state index in [1.54, 1.807) is 38.1 Å². The molecule has 1 aromatic heterocycles. The lowest BCUT2D eigenvalue weighted by Crippen LogP contribution is -2.30. The van der Waals surface area contributed by atoms with Crippen molar-refractivity contribution in [2.75, 3.05) is 23.7 Å². The van der Waals surface area contributed by atoms with E-state index in [-0.39, 0.29) is 34.3 Å². The quantitative estimate of drug-likeness (QED) is 0.438. The maximum absolute atomic E-state index is 13.8. The van der Waals surface area contributed by atoms with Crippen molar-refractivity contribution in [3.8, 4) is 0 Å². The molecule has 0 spiro atoms. The van der Waals surface area contributed by atoms with Gasteiger partial charge in [0.15, 0.2) is 0 Å². The fourth-order valence-corrected chi connectivity index (χ4v) is 4.88. The number of pyridine rings is 1. The van der Waals surface area contributed by atoms with Gasteiger partial charge in [0.25, 0.3) is 5.91 Å². The summed E-state index contributed by atoms with van der Waals surface area (Å²) in [7, 11) is -3.55. The van der Waals surface area contributed by atoms with Crippen LogP contribution in [0.5, 0.6) is 0 Å². The van der Waals surface area contributed by atoms with Gasteiger partial charge in [0.1, 0.15) is 11.5 Å². The summed E-state index contributed by atoms with van der Waals surface area (Å²) in [6, 6.07) is 14.9. The van der Waals surface area contributed by atoms with E-state index in [0.717, 1.165) is 11.6 Å². The number of hydrogen-bond acceptors (Lipinski definition) is 5. The van der Waals surface area contributed by atoms with Crippen LogP contribution in [0, 0.1) is 5.82 Å². The lowest BCUT2D eigenvalue weighted by atomic mass is 10.1. The van der Waals surface area contributed by atoms with Crippen molar-refractivity contribution in [1.29, 1.82) is 0 Å². The van der Waals surface area contributed by atoms with Crippen LogP contribution in [0.2, 0.25) is 0 Å². The number of carbonyl (C=O) groups excluding carboxylic acids is 2. The number of carbonyl (C=O) groups is 2. The van der Waals surface area contributed by atoms with E-state index in [1.807, 2.05) is 0 Å². The Kier molecular flexibility index (Phi) is 8.67. The predicted molar refractivity (Wildman–Crippen MR) is 132 cm³/mol. The molecule has 0 atom stereocenters. The molecule has 0 unspecified atom stereocenters. The van der Waals surface area contributed by atoms with Gasteiger partial charge in [-0.05, 0) is 54.4 Å². The number of anilines is 2. The summed E-state index contributed by atoms with van der Waals surface area (Å²) < 4.78 is 40.4. The third kappa shape index (κ3) is 6.71. The van der Waals surface area contributed by atoms with Gasteiger partial charge in [-0.2, -0.15) is 4.31 Å². The third-order valence-corrected chi connectivity index (χ3v) is 7.37. The summed E-state index contributed by atoms with van der Waals surface area (Å²) >= 11 is 0. The molecule has 2 amide bonds. The van der Waals surface area contributed by atoms with Crippen LogP contribution in [-0.4, -0.2) is 42.6 Å². The minimum Gasteiger partial charge on any atom is -0.324 e. The number of hydrogen-bond donors (Lipinski definition) is 2. The van der Waals surface area contributed by atoms with Gasteiger partial charge in [-0.1, -0.05) is 32.0 Å². The molecule has 8 nitrogen and oxygen atoms in total. The van der Waals surface area contributed by atoms with Gasteiger partial charge in [-0.3, -0.25) is 14.6 Å². The zero-order chi connectivity index (χ0) is 25.4. The van der Waals surface area contributed by atoms with E-state index >= 15 is 0 Å². The maximum Gasteiger partial charge on any atom is 0.274 e. The highest BCUT2D eigenvalue weighted by atomic mass is 32.2. The standard InChI is InChI=1S/C25H27FN4O4S/c1-3-30(4-2)35(33,34)20-12-8-18(9-13-20)10-15-24(31)28-23-17-19(26)11-14-21(23)29-25(32)22-7-5-6-16-27-22/h5-9,11-14,16-17H,3-4,10,15H2,1-2H3,(H,28,31)(H,29,32). The molecular weight excluding hydrogens is 471 g/mol. The second kappa shape index (κ2) is 11.7. The van der Waals surface area contributed by atoms with Crippen molar-refractivity contribution >= 4 is 33.2 Å². The minimum atomic E-state index is -3.55. The normalized spacial score (nSPS) is 11.3. The SMILES string of the molecule is CCN(CC)S(=O)(=O)c1ccc(CCC(=O)Nc2cc(F)ccc2NC(=O)c2ccccn2)cc1. The summed E-state index contributed by atoms with van der Waals surface area (Å²) in [5, 5.41) is 5.26. The van der Waals surface area contributed by atoms with Gasteiger partial charge < -0.3 is 10.6 Å². The highest BCUT2D eigenvalue weighted by molar-refractivity contribution is 7.89. The van der Waals surface area contributed by atoms with Gasteiger partial charge in [-0.25, -0.2) is 12.8 Å². The van der Waals surface area contributed by atoms with Crippen molar-refractivity contribution < 1.29 is 22.4 Å². The number of rotatable bonds is 10. The third-order valence-electron chi connectivity index (χ3n) is 5.31. The van der Waals surface area contributed by atoms with Gasteiger partial charge in [-0.15, -0.1) is 0 Å². The molecular formula is C25H27FN4O4S. The molecule has 0 aliphatic rings. The van der Waals surface area contributed by atoms with Crippen LogP contribution in [0.3, 0.4) is 0 Å². The first-order valence-electron chi connectivity index (χ1n) is 11.2. The minimum absolute atomic E-state index is 0.0757. The van der Waals surface area contributed by atoms with Crippen LogP contribution in [-0.2, 0) is 21.2 Å². The van der Waals surface area contributed by atoms with E-state index in [0.29, 0.717) is 19.5 Å². The van der Waals surface area contributed by atoms with E-state index in [4.69, 9.17) is 0 Å². The van der Waals surface area contributed by atoms with Crippen molar-refractivity contribution in [3.63, 3.8) is 0 Å². The van der Waals surface area contributed by atoms with E-state index in [1.165, 1.54) is 40.8 Å². The Bertz CT molecular complexity index is 1280. The Morgan fingerprint density at radius 3 is 2.29 bits per heavy atom. The molecule has 1 heterocycles. The fourth-order valence-electron chi connectivity index (χ4n) is 3.42. The van der Waals surface area contributed by atoms with Gasteiger partial charge >= 0.3 is 0 Å². The van der Waals surface area contributed by atoms with Crippen LogP contribution in [0.4, 0.5) is 15.8 Å². The lowest BCUT2D eigenvalue weighted by molar-refractivity contribution is -0.116. The number of nitrogens with zero attached hydrogens (tertiary/aromatic N) is 2. The summed E-state index contributed by atoms with van der Waals surface area (Å²) in [6.07, 6.45) is 1.91. The molecule has 10 heteroatoms. The monoisotopic (exact) mass is 498 g/mol. The van der Waals surface area contributed by atoms with Gasteiger partial charge in [0.2, 0.25) is 15.9 Å². The lowest BCUT2D eigenvalue weighted by Gasteiger charge is -2.18. The van der Waals surface area contributed by atoms with Crippen molar-refractivity contribution in [1.82, 2.24) is 9.29 Å². The highest BCUT2D eigenvalue weighted by Crippen LogP contribution is 2.24. The number of aromatic nitrogens is 1. The molecule has 0 saturated carbocycles. The fraction of sp³-hybridized carbons (Fsp3) is 0.240. The number of nitrogens with one attached hydrogen (secondary N) is 2. The topological polar surface area (TPSA) is 108 Å². The number of aryl methyl sites for hydroxylation is 1. The Morgan fingerprint density at radius 1 is 0.943 bits per heavy atom. The van der Waals surface area contributed by atoms with Crippen LogP contribution < -0.4 is 10.6 Å². The molecule has 0 bridgehead atoms. The van der Waals surface area contributed by atoms with E-state index in [9.17, 15) is 22.4 Å². The summed E-state index contributed by atoms with van der Waals surface area (Å²) in [6.45, 7) is 4.32. The molecule has 2 aromatic carbocycles. The van der Waals surface area contributed by atoms with Crippen molar-refractivity contribution in [2.45, 2.75) is 31.6 Å². The first-order valence-corrected chi connectivity index (χ1v) is 12.6. The first-order chi connectivity index (χ1) is 16.7. The Balaban J connectivity index is 1.64. The number of sulfonamides is 1.